The molecule has 1 aromatic heterocycles. The SMILES string of the molecule is Cc1cccc(C)c1NC(=O)NCCCNc1nc2cc3c(cc2cc1C#N)OCO3. The van der Waals surface area contributed by atoms with Crippen molar-refractivity contribution in [2.45, 2.75) is 20.3 Å². The Bertz CT molecular complexity index is 1170. The number of aryl methyl sites for hydroxylation is 2. The van der Waals surface area contributed by atoms with Crippen LogP contribution in [-0.2, 0) is 0 Å². The molecule has 1 aliphatic heterocycles. The first-order chi connectivity index (χ1) is 15.0. The molecule has 31 heavy (non-hydrogen) atoms. The fourth-order valence-corrected chi connectivity index (χ4v) is 3.45. The van der Waals surface area contributed by atoms with Gasteiger partial charge in [0.2, 0.25) is 6.79 Å². The zero-order valence-corrected chi connectivity index (χ0v) is 17.4. The van der Waals surface area contributed by atoms with Gasteiger partial charge in [-0.2, -0.15) is 5.26 Å². The van der Waals surface area contributed by atoms with Crippen LogP contribution in [0, 0.1) is 25.2 Å². The minimum absolute atomic E-state index is 0.186. The highest BCUT2D eigenvalue weighted by molar-refractivity contribution is 5.91. The molecule has 4 rings (SSSR count). The second-order valence-corrected chi connectivity index (χ2v) is 7.32. The molecule has 0 fully saturated rings. The number of aromatic nitrogens is 1. The molecule has 2 amide bonds. The van der Waals surface area contributed by atoms with Gasteiger partial charge in [0.15, 0.2) is 11.5 Å². The summed E-state index contributed by atoms with van der Waals surface area (Å²) in [4.78, 5) is 16.7. The van der Waals surface area contributed by atoms with Crippen molar-refractivity contribution in [3.63, 3.8) is 0 Å². The third-order valence-corrected chi connectivity index (χ3v) is 5.08. The normalized spacial score (nSPS) is 11.8. The Kier molecular flexibility index (Phi) is 5.76. The molecule has 0 saturated heterocycles. The van der Waals surface area contributed by atoms with Crippen molar-refractivity contribution in [1.29, 1.82) is 5.26 Å². The molecule has 3 aromatic rings. The highest BCUT2D eigenvalue weighted by Gasteiger charge is 2.16. The summed E-state index contributed by atoms with van der Waals surface area (Å²) in [7, 11) is 0. The number of carbonyl (C=O) groups is 1. The van der Waals surface area contributed by atoms with Crippen molar-refractivity contribution in [2.24, 2.45) is 0 Å². The summed E-state index contributed by atoms with van der Waals surface area (Å²) in [5.74, 6) is 1.81. The minimum Gasteiger partial charge on any atom is -0.454 e. The van der Waals surface area contributed by atoms with Gasteiger partial charge in [0.05, 0.1) is 11.1 Å². The number of rotatable bonds is 6. The molecule has 3 N–H and O–H groups in total. The molecule has 158 valence electrons. The van der Waals surface area contributed by atoms with Gasteiger partial charge in [-0.05, 0) is 43.5 Å². The highest BCUT2D eigenvalue weighted by atomic mass is 16.7. The standard InChI is InChI=1S/C23H23N5O3/c1-14-5-3-6-15(2)21(14)28-23(29)26-8-4-7-25-22-17(12-24)9-16-10-19-20(31-13-30-19)11-18(16)27-22/h3,5-6,9-11H,4,7-8,13H2,1-2H3,(H,25,27)(H2,26,28,29). The van der Waals surface area contributed by atoms with E-state index in [2.05, 4.69) is 27.0 Å². The van der Waals surface area contributed by atoms with Crippen LogP contribution in [0.1, 0.15) is 23.1 Å². The summed E-state index contributed by atoms with van der Waals surface area (Å²) in [6, 6.07) is 13.2. The summed E-state index contributed by atoms with van der Waals surface area (Å²) in [6.45, 7) is 5.15. The number of urea groups is 1. The lowest BCUT2D eigenvalue weighted by atomic mass is 10.1. The molecule has 8 nitrogen and oxygen atoms in total. The topological polar surface area (TPSA) is 108 Å². The van der Waals surface area contributed by atoms with Crippen LogP contribution in [0.2, 0.25) is 0 Å². The van der Waals surface area contributed by atoms with E-state index in [4.69, 9.17) is 9.47 Å². The maximum Gasteiger partial charge on any atom is 0.319 e. The number of hydrogen-bond acceptors (Lipinski definition) is 6. The fourth-order valence-electron chi connectivity index (χ4n) is 3.45. The van der Waals surface area contributed by atoms with Crippen LogP contribution in [-0.4, -0.2) is 30.9 Å². The van der Waals surface area contributed by atoms with E-state index in [1.807, 2.05) is 44.2 Å². The Morgan fingerprint density at radius 1 is 1.13 bits per heavy atom. The number of para-hydroxylation sites is 1. The maximum atomic E-state index is 12.2. The number of nitrogens with zero attached hydrogens (tertiary/aromatic N) is 2. The lowest BCUT2D eigenvalue weighted by molar-refractivity contribution is 0.174. The second-order valence-electron chi connectivity index (χ2n) is 7.32. The number of pyridine rings is 1. The zero-order valence-electron chi connectivity index (χ0n) is 17.4. The number of hydrogen-bond donors (Lipinski definition) is 3. The molecule has 2 heterocycles. The Labute approximate surface area is 180 Å². The van der Waals surface area contributed by atoms with Crippen molar-refractivity contribution < 1.29 is 14.3 Å². The summed E-state index contributed by atoms with van der Waals surface area (Å²) in [5, 5.41) is 19.2. The first-order valence-electron chi connectivity index (χ1n) is 10.0. The molecule has 0 aliphatic carbocycles. The quantitative estimate of drug-likeness (QED) is 0.522. The zero-order chi connectivity index (χ0) is 21.8. The smallest absolute Gasteiger partial charge is 0.319 e. The molecule has 0 saturated carbocycles. The molecular weight excluding hydrogens is 394 g/mol. The number of benzene rings is 2. The van der Waals surface area contributed by atoms with Crippen LogP contribution in [0.4, 0.5) is 16.3 Å². The van der Waals surface area contributed by atoms with E-state index < -0.39 is 0 Å². The lowest BCUT2D eigenvalue weighted by Gasteiger charge is -2.13. The van der Waals surface area contributed by atoms with E-state index in [-0.39, 0.29) is 12.8 Å². The van der Waals surface area contributed by atoms with Crippen molar-refractivity contribution in [1.82, 2.24) is 10.3 Å². The van der Waals surface area contributed by atoms with Crippen LogP contribution in [0.25, 0.3) is 10.9 Å². The van der Waals surface area contributed by atoms with Crippen LogP contribution in [0.3, 0.4) is 0 Å². The van der Waals surface area contributed by atoms with E-state index in [1.165, 1.54) is 0 Å². The fraction of sp³-hybridized carbons (Fsp3) is 0.261. The Balaban J connectivity index is 1.32. The van der Waals surface area contributed by atoms with Crippen LogP contribution in [0.15, 0.2) is 36.4 Å². The van der Waals surface area contributed by atoms with Gasteiger partial charge in [0, 0.05) is 30.2 Å². The molecule has 1 aliphatic rings. The molecule has 0 atom stereocenters. The number of nitrogens with one attached hydrogen (secondary N) is 3. The predicted octanol–water partition coefficient (Wildman–Crippen LogP) is 4.08. The van der Waals surface area contributed by atoms with E-state index in [0.29, 0.717) is 42.4 Å². The van der Waals surface area contributed by atoms with Gasteiger partial charge < -0.3 is 25.4 Å². The Morgan fingerprint density at radius 2 is 1.87 bits per heavy atom. The summed E-state index contributed by atoms with van der Waals surface area (Å²) in [5.41, 5.74) is 4.04. The Morgan fingerprint density at radius 3 is 2.61 bits per heavy atom. The molecule has 8 heteroatoms. The second kappa shape index (κ2) is 8.79. The number of fused-ring (bicyclic) bond motifs is 2. The van der Waals surface area contributed by atoms with E-state index in [9.17, 15) is 10.1 Å². The predicted molar refractivity (Wildman–Crippen MR) is 119 cm³/mol. The number of ether oxygens (including phenoxy) is 2. The van der Waals surface area contributed by atoms with Crippen LogP contribution < -0.4 is 25.4 Å². The first-order valence-corrected chi connectivity index (χ1v) is 10.0. The van der Waals surface area contributed by atoms with Gasteiger partial charge in [-0.15, -0.1) is 0 Å². The molecule has 0 unspecified atom stereocenters. The van der Waals surface area contributed by atoms with Crippen molar-refractivity contribution in [3.8, 4) is 17.6 Å². The van der Waals surface area contributed by atoms with Crippen LogP contribution >= 0.6 is 0 Å². The summed E-state index contributed by atoms with van der Waals surface area (Å²) in [6.07, 6.45) is 0.673. The van der Waals surface area contributed by atoms with Gasteiger partial charge in [-0.3, -0.25) is 0 Å². The van der Waals surface area contributed by atoms with Crippen molar-refractivity contribution in [2.75, 3.05) is 30.5 Å². The molecule has 0 spiro atoms. The number of nitriles is 1. The number of amides is 2. The van der Waals surface area contributed by atoms with E-state index >= 15 is 0 Å². The average molecular weight is 417 g/mol. The monoisotopic (exact) mass is 417 g/mol. The maximum absolute atomic E-state index is 12.2. The molecular formula is C23H23N5O3. The van der Waals surface area contributed by atoms with Gasteiger partial charge in [0.1, 0.15) is 11.9 Å². The van der Waals surface area contributed by atoms with Gasteiger partial charge in [0.25, 0.3) is 0 Å². The molecule has 2 aromatic carbocycles. The van der Waals surface area contributed by atoms with Crippen molar-refractivity contribution in [3.05, 3.63) is 53.1 Å². The minimum atomic E-state index is -0.241. The van der Waals surface area contributed by atoms with Gasteiger partial charge in [-0.25, -0.2) is 9.78 Å². The highest BCUT2D eigenvalue weighted by Crippen LogP contribution is 2.36. The van der Waals surface area contributed by atoms with Gasteiger partial charge >= 0.3 is 6.03 Å². The summed E-state index contributed by atoms with van der Waals surface area (Å²) >= 11 is 0. The lowest BCUT2D eigenvalue weighted by Crippen LogP contribution is -2.31. The Hall–Kier alpha value is -3.99. The largest absolute Gasteiger partial charge is 0.454 e. The average Bonchev–Trinajstić information content (AvgIpc) is 3.21. The first kappa shape index (κ1) is 20.3. The number of anilines is 2. The third kappa shape index (κ3) is 4.46. The van der Waals surface area contributed by atoms with E-state index in [0.717, 1.165) is 27.7 Å². The van der Waals surface area contributed by atoms with Crippen molar-refractivity contribution >= 4 is 28.4 Å². The number of carbonyl (C=O) groups excluding carboxylic acids is 1. The molecule has 0 radical (unpaired) electrons. The van der Waals surface area contributed by atoms with Crippen LogP contribution in [0.5, 0.6) is 11.5 Å². The van der Waals surface area contributed by atoms with E-state index in [1.54, 1.807) is 6.07 Å². The molecule has 0 bridgehead atoms. The third-order valence-electron chi connectivity index (χ3n) is 5.08. The van der Waals surface area contributed by atoms with Gasteiger partial charge in [-0.1, -0.05) is 18.2 Å². The summed E-state index contributed by atoms with van der Waals surface area (Å²) < 4.78 is 10.8.